The number of benzene rings is 1. The number of aliphatic imine (C=N–C) groups is 1. The van der Waals surface area contributed by atoms with Gasteiger partial charge in [0.15, 0.2) is 5.96 Å². The number of rotatable bonds is 10. The van der Waals surface area contributed by atoms with Gasteiger partial charge in [0.1, 0.15) is 12.9 Å². The Hall–Kier alpha value is -3.39. The van der Waals surface area contributed by atoms with Crippen LogP contribution in [0.5, 0.6) is 5.88 Å². The Kier molecular flexibility index (Phi) is 8.42. The first-order valence-electron chi connectivity index (χ1n) is 10.3. The van der Waals surface area contributed by atoms with Gasteiger partial charge in [-0.2, -0.15) is 0 Å². The zero-order valence-corrected chi connectivity index (χ0v) is 18.2. The Morgan fingerprint density at radius 1 is 1.13 bits per heavy atom. The number of hydrogen-bond donors (Lipinski definition) is 2. The Morgan fingerprint density at radius 2 is 1.97 bits per heavy atom. The molecule has 3 rings (SSSR count). The van der Waals surface area contributed by atoms with E-state index in [0.29, 0.717) is 44.0 Å². The number of nitrogens with one attached hydrogen (secondary N) is 2. The number of methoxy groups -OCH3 is 1. The van der Waals surface area contributed by atoms with Gasteiger partial charge >= 0.3 is 0 Å². The van der Waals surface area contributed by atoms with Crippen LogP contribution in [0.25, 0.3) is 11.5 Å². The topological polar surface area (TPSA) is 93.8 Å². The highest BCUT2D eigenvalue weighted by Crippen LogP contribution is 2.19. The van der Waals surface area contributed by atoms with Gasteiger partial charge in [-0.25, -0.2) is 15.0 Å². The number of guanidine groups is 1. The van der Waals surface area contributed by atoms with Gasteiger partial charge < -0.3 is 24.5 Å². The van der Waals surface area contributed by atoms with E-state index in [4.69, 9.17) is 13.9 Å². The molecule has 0 amide bonds. The van der Waals surface area contributed by atoms with Crippen molar-refractivity contribution in [2.24, 2.45) is 4.99 Å². The number of aryl methyl sites for hydroxylation is 1. The molecule has 0 aliphatic rings. The summed E-state index contributed by atoms with van der Waals surface area (Å²) in [4.78, 5) is 13.5. The van der Waals surface area contributed by atoms with Crippen LogP contribution in [0.4, 0.5) is 0 Å². The minimum absolute atomic E-state index is 0.429. The van der Waals surface area contributed by atoms with Gasteiger partial charge in [-0.1, -0.05) is 23.8 Å². The fraction of sp³-hybridized carbons (Fsp3) is 0.348. The highest BCUT2D eigenvalue weighted by atomic mass is 16.5. The summed E-state index contributed by atoms with van der Waals surface area (Å²) in [6, 6.07) is 11.9. The molecule has 0 radical (unpaired) electrons. The molecule has 0 fully saturated rings. The summed E-state index contributed by atoms with van der Waals surface area (Å²) in [6.07, 6.45) is 3.36. The third kappa shape index (κ3) is 6.82. The number of pyridine rings is 1. The molecule has 0 spiro atoms. The second-order valence-electron chi connectivity index (χ2n) is 6.87. The third-order valence-electron chi connectivity index (χ3n) is 4.42. The fourth-order valence-electron chi connectivity index (χ4n) is 2.79. The van der Waals surface area contributed by atoms with Crippen LogP contribution in [0, 0.1) is 6.92 Å². The van der Waals surface area contributed by atoms with Crippen molar-refractivity contribution in [2.75, 3.05) is 26.9 Å². The molecule has 0 saturated carbocycles. The van der Waals surface area contributed by atoms with Gasteiger partial charge in [0.05, 0.1) is 25.4 Å². The first-order valence-corrected chi connectivity index (χ1v) is 10.3. The molecule has 0 atom stereocenters. The van der Waals surface area contributed by atoms with Gasteiger partial charge in [-0.3, -0.25) is 0 Å². The lowest BCUT2D eigenvalue weighted by molar-refractivity contribution is 0.143. The molecule has 3 aromatic rings. The lowest BCUT2D eigenvalue weighted by Gasteiger charge is -2.11. The number of hydrogen-bond acceptors (Lipinski definition) is 6. The molecule has 2 aromatic heterocycles. The second kappa shape index (κ2) is 11.7. The molecule has 164 valence electrons. The third-order valence-corrected chi connectivity index (χ3v) is 4.42. The van der Waals surface area contributed by atoms with E-state index in [-0.39, 0.29) is 0 Å². The van der Waals surface area contributed by atoms with Crippen molar-refractivity contribution < 1.29 is 13.9 Å². The summed E-state index contributed by atoms with van der Waals surface area (Å²) in [5, 5.41) is 6.53. The average molecular weight is 424 g/mol. The number of nitrogens with zero attached hydrogens (tertiary/aromatic N) is 3. The Balaban J connectivity index is 1.61. The smallest absolute Gasteiger partial charge is 0.226 e. The van der Waals surface area contributed by atoms with Crippen molar-refractivity contribution >= 4 is 5.96 Å². The number of ether oxygens (including phenoxy) is 2. The van der Waals surface area contributed by atoms with E-state index in [1.807, 2.05) is 43.3 Å². The zero-order chi connectivity index (χ0) is 21.9. The van der Waals surface area contributed by atoms with E-state index in [1.165, 1.54) is 5.56 Å². The quantitative estimate of drug-likeness (QED) is 0.293. The van der Waals surface area contributed by atoms with Gasteiger partial charge in [0.2, 0.25) is 11.8 Å². The standard InChI is InChI=1S/C23H29N5O3/c1-4-24-23(26-14-19-6-5-11-25-21(19)30-13-12-29-3)27-15-20-16-31-22(28-20)18-9-7-17(2)8-10-18/h5-11,16H,4,12-15H2,1-3H3,(H2,24,26,27). The van der Waals surface area contributed by atoms with Crippen LogP contribution in [0.1, 0.15) is 23.7 Å². The predicted octanol–water partition coefficient (Wildman–Crippen LogP) is 3.33. The molecule has 0 unspecified atom stereocenters. The summed E-state index contributed by atoms with van der Waals surface area (Å²) < 4.78 is 16.3. The SMILES string of the molecule is CCNC(=NCc1cccnc1OCCOC)NCc1coc(-c2ccc(C)cc2)n1. The highest BCUT2D eigenvalue weighted by Gasteiger charge is 2.08. The Bertz CT molecular complexity index is 969. The van der Waals surface area contributed by atoms with Crippen molar-refractivity contribution in [1.29, 1.82) is 0 Å². The summed E-state index contributed by atoms with van der Waals surface area (Å²) in [5.41, 5.74) is 3.85. The molecule has 0 aliphatic carbocycles. The van der Waals surface area contributed by atoms with Crippen LogP contribution >= 0.6 is 0 Å². The lowest BCUT2D eigenvalue weighted by atomic mass is 10.1. The summed E-state index contributed by atoms with van der Waals surface area (Å²) in [7, 11) is 1.64. The first-order chi connectivity index (χ1) is 15.2. The van der Waals surface area contributed by atoms with Gasteiger partial charge in [-0.05, 0) is 32.0 Å². The molecule has 8 heteroatoms. The summed E-state index contributed by atoms with van der Waals surface area (Å²) in [5.74, 6) is 1.85. The molecule has 2 heterocycles. The summed E-state index contributed by atoms with van der Waals surface area (Å²) in [6.45, 7) is 6.68. The van der Waals surface area contributed by atoms with E-state index in [2.05, 4.69) is 32.5 Å². The molecular formula is C23H29N5O3. The molecule has 0 saturated heterocycles. The van der Waals surface area contributed by atoms with Gasteiger partial charge in [0, 0.05) is 31.0 Å². The Morgan fingerprint density at radius 3 is 2.74 bits per heavy atom. The summed E-state index contributed by atoms with van der Waals surface area (Å²) >= 11 is 0. The minimum Gasteiger partial charge on any atom is -0.475 e. The Labute approximate surface area is 182 Å². The largest absolute Gasteiger partial charge is 0.475 e. The lowest BCUT2D eigenvalue weighted by Crippen LogP contribution is -2.36. The predicted molar refractivity (Wildman–Crippen MR) is 120 cm³/mol. The molecular weight excluding hydrogens is 394 g/mol. The van der Waals surface area contributed by atoms with E-state index in [1.54, 1.807) is 19.6 Å². The van der Waals surface area contributed by atoms with Gasteiger partial charge in [0.25, 0.3) is 0 Å². The van der Waals surface area contributed by atoms with Crippen molar-refractivity contribution in [3.8, 4) is 17.3 Å². The maximum Gasteiger partial charge on any atom is 0.226 e. The first kappa shape index (κ1) is 22.3. The average Bonchev–Trinajstić information content (AvgIpc) is 3.26. The van der Waals surface area contributed by atoms with Crippen molar-refractivity contribution in [3.05, 3.63) is 65.7 Å². The molecule has 0 bridgehead atoms. The monoisotopic (exact) mass is 423 g/mol. The van der Waals surface area contributed by atoms with Crippen molar-refractivity contribution in [3.63, 3.8) is 0 Å². The molecule has 31 heavy (non-hydrogen) atoms. The van der Waals surface area contributed by atoms with E-state index in [9.17, 15) is 0 Å². The normalized spacial score (nSPS) is 11.4. The maximum atomic E-state index is 5.68. The fourth-order valence-corrected chi connectivity index (χ4v) is 2.79. The number of oxazole rings is 1. The van der Waals surface area contributed by atoms with Crippen LogP contribution < -0.4 is 15.4 Å². The highest BCUT2D eigenvalue weighted by molar-refractivity contribution is 5.79. The van der Waals surface area contributed by atoms with Crippen LogP contribution in [0.15, 0.2) is 58.3 Å². The molecule has 0 aliphatic heterocycles. The maximum absolute atomic E-state index is 5.68. The van der Waals surface area contributed by atoms with Crippen LogP contribution in [0.2, 0.25) is 0 Å². The minimum atomic E-state index is 0.429. The zero-order valence-electron chi connectivity index (χ0n) is 18.2. The number of aromatic nitrogens is 2. The van der Waals surface area contributed by atoms with Gasteiger partial charge in [-0.15, -0.1) is 0 Å². The van der Waals surface area contributed by atoms with Crippen LogP contribution in [-0.2, 0) is 17.8 Å². The van der Waals surface area contributed by atoms with Crippen molar-refractivity contribution in [1.82, 2.24) is 20.6 Å². The van der Waals surface area contributed by atoms with Crippen LogP contribution in [0.3, 0.4) is 0 Å². The second-order valence-corrected chi connectivity index (χ2v) is 6.87. The van der Waals surface area contributed by atoms with Crippen LogP contribution in [-0.4, -0.2) is 42.8 Å². The van der Waals surface area contributed by atoms with E-state index >= 15 is 0 Å². The molecule has 1 aromatic carbocycles. The van der Waals surface area contributed by atoms with E-state index in [0.717, 1.165) is 23.4 Å². The molecule has 2 N–H and O–H groups in total. The molecule has 8 nitrogen and oxygen atoms in total. The van der Waals surface area contributed by atoms with E-state index < -0.39 is 0 Å². The van der Waals surface area contributed by atoms with Crippen molar-refractivity contribution in [2.45, 2.75) is 26.9 Å².